The molecule has 0 saturated carbocycles. The first-order valence-corrected chi connectivity index (χ1v) is 8.20. The first kappa shape index (κ1) is 17.6. The fourth-order valence-corrected chi connectivity index (χ4v) is 2.77. The summed E-state index contributed by atoms with van der Waals surface area (Å²) in [5, 5.41) is 21.2. The van der Waals surface area contributed by atoms with Gasteiger partial charge < -0.3 is 15.5 Å². The zero-order chi connectivity index (χ0) is 16.1. The van der Waals surface area contributed by atoms with Gasteiger partial charge in [0.05, 0.1) is 17.3 Å². The maximum absolute atomic E-state index is 12.0. The molecule has 0 aliphatic heterocycles. The molecule has 6 nitrogen and oxygen atoms in total. The highest BCUT2D eigenvalue weighted by Crippen LogP contribution is 2.19. The fourth-order valence-electron chi connectivity index (χ4n) is 1.59. The van der Waals surface area contributed by atoms with E-state index < -0.39 is 27.3 Å². The molecular formula is C14H21NO5S. The van der Waals surface area contributed by atoms with E-state index >= 15 is 0 Å². The molecule has 0 saturated heterocycles. The van der Waals surface area contributed by atoms with Crippen LogP contribution in [0, 0.1) is 5.41 Å². The molecule has 7 heteroatoms. The van der Waals surface area contributed by atoms with Gasteiger partial charge >= 0.3 is 0 Å². The SMILES string of the molecule is CC(C)(CO)C(O)C(=O)NCCS(=O)(=O)c1ccccc1. The third-order valence-corrected chi connectivity index (χ3v) is 4.90. The Balaban J connectivity index is 2.56. The molecule has 3 N–H and O–H groups in total. The average Bonchev–Trinajstić information content (AvgIpc) is 2.47. The minimum absolute atomic E-state index is 0.103. The van der Waals surface area contributed by atoms with Crippen molar-refractivity contribution in [3.63, 3.8) is 0 Å². The van der Waals surface area contributed by atoms with Crippen LogP contribution in [0.2, 0.25) is 0 Å². The molecule has 0 aliphatic carbocycles. The van der Waals surface area contributed by atoms with Crippen LogP contribution in [0.5, 0.6) is 0 Å². The lowest BCUT2D eigenvalue weighted by atomic mass is 9.87. The molecule has 0 aliphatic rings. The lowest BCUT2D eigenvalue weighted by Crippen LogP contribution is -2.46. The van der Waals surface area contributed by atoms with Gasteiger partial charge in [-0.2, -0.15) is 0 Å². The van der Waals surface area contributed by atoms with Crippen molar-refractivity contribution >= 4 is 15.7 Å². The Kier molecular flexibility index (Phi) is 5.88. The van der Waals surface area contributed by atoms with Gasteiger partial charge in [0.1, 0.15) is 6.10 Å². The van der Waals surface area contributed by atoms with E-state index in [1.54, 1.807) is 18.2 Å². The first-order valence-electron chi connectivity index (χ1n) is 6.55. The molecule has 0 heterocycles. The van der Waals surface area contributed by atoms with Crippen molar-refractivity contribution in [1.82, 2.24) is 5.32 Å². The molecule has 1 atom stereocenters. The van der Waals surface area contributed by atoms with Crippen molar-refractivity contribution < 1.29 is 23.4 Å². The average molecular weight is 315 g/mol. The van der Waals surface area contributed by atoms with Gasteiger partial charge in [0.15, 0.2) is 9.84 Å². The van der Waals surface area contributed by atoms with E-state index in [4.69, 9.17) is 5.11 Å². The molecule has 0 radical (unpaired) electrons. The number of hydrogen-bond donors (Lipinski definition) is 3. The Labute approximate surface area is 124 Å². The standard InChI is InChI=1S/C14H21NO5S/c1-14(2,10-16)12(17)13(18)15-8-9-21(19,20)11-6-4-3-5-7-11/h3-7,12,16-17H,8-10H2,1-2H3,(H,15,18). The Morgan fingerprint density at radius 1 is 1.29 bits per heavy atom. The second-order valence-corrected chi connectivity index (χ2v) is 7.58. The zero-order valence-electron chi connectivity index (χ0n) is 12.1. The van der Waals surface area contributed by atoms with Gasteiger partial charge in [-0.15, -0.1) is 0 Å². The third-order valence-electron chi connectivity index (χ3n) is 3.17. The summed E-state index contributed by atoms with van der Waals surface area (Å²) in [5.74, 6) is -0.952. The number of hydrogen-bond acceptors (Lipinski definition) is 5. The molecule has 1 aromatic rings. The van der Waals surface area contributed by atoms with Crippen molar-refractivity contribution in [1.29, 1.82) is 0 Å². The fraction of sp³-hybridized carbons (Fsp3) is 0.500. The highest BCUT2D eigenvalue weighted by molar-refractivity contribution is 7.91. The van der Waals surface area contributed by atoms with Crippen LogP contribution >= 0.6 is 0 Å². The predicted octanol–water partition coefficient (Wildman–Crippen LogP) is -0.0441. The Morgan fingerprint density at radius 3 is 2.38 bits per heavy atom. The number of aliphatic hydroxyl groups excluding tert-OH is 2. The maximum atomic E-state index is 12.0. The van der Waals surface area contributed by atoms with Gasteiger partial charge in [-0.05, 0) is 12.1 Å². The Bertz CT molecular complexity index is 568. The molecule has 0 spiro atoms. The second kappa shape index (κ2) is 7.02. The summed E-state index contributed by atoms with van der Waals surface area (Å²) < 4.78 is 24.0. The quantitative estimate of drug-likeness (QED) is 0.655. The zero-order valence-corrected chi connectivity index (χ0v) is 12.9. The van der Waals surface area contributed by atoms with Crippen LogP contribution in [0.25, 0.3) is 0 Å². The molecule has 1 amide bonds. The van der Waals surface area contributed by atoms with E-state index in [1.807, 2.05) is 0 Å². The van der Waals surface area contributed by atoms with Crippen LogP contribution in [0.1, 0.15) is 13.8 Å². The largest absolute Gasteiger partial charge is 0.396 e. The number of nitrogens with one attached hydrogen (secondary N) is 1. The lowest BCUT2D eigenvalue weighted by Gasteiger charge is -2.27. The Morgan fingerprint density at radius 2 is 1.86 bits per heavy atom. The van der Waals surface area contributed by atoms with Gasteiger partial charge in [0.2, 0.25) is 5.91 Å². The first-order chi connectivity index (χ1) is 9.70. The molecular weight excluding hydrogens is 294 g/mol. The molecule has 21 heavy (non-hydrogen) atoms. The van der Waals surface area contributed by atoms with Gasteiger partial charge in [-0.1, -0.05) is 32.0 Å². The smallest absolute Gasteiger partial charge is 0.249 e. The summed E-state index contributed by atoms with van der Waals surface area (Å²) in [5.41, 5.74) is -0.984. The maximum Gasteiger partial charge on any atom is 0.249 e. The lowest BCUT2D eigenvalue weighted by molar-refractivity contribution is -0.136. The molecule has 118 valence electrons. The van der Waals surface area contributed by atoms with Crippen LogP contribution in [-0.2, 0) is 14.6 Å². The number of amides is 1. The van der Waals surface area contributed by atoms with Crippen LogP contribution in [0.15, 0.2) is 35.2 Å². The summed E-state index contributed by atoms with van der Waals surface area (Å²) in [6, 6.07) is 7.94. The minimum Gasteiger partial charge on any atom is -0.396 e. The number of sulfone groups is 1. The highest BCUT2D eigenvalue weighted by Gasteiger charge is 2.32. The van der Waals surface area contributed by atoms with Gasteiger partial charge in [0.25, 0.3) is 0 Å². The monoisotopic (exact) mass is 315 g/mol. The van der Waals surface area contributed by atoms with Gasteiger partial charge in [-0.3, -0.25) is 4.79 Å². The van der Waals surface area contributed by atoms with Crippen LogP contribution in [0.4, 0.5) is 0 Å². The summed E-state index contributed by atoms with van der Waals surface area (Å²) >= 11 is 0. The van der Waals surface area contributed by atoms with Crippen molar-refractivity contribution in [3.8, 4) is 0 Å². The topological polar surface area (TPSA) is 104 Å². The minimum atomic E-state index is -3.47. The van der Waals surface area contributed by atoms with E-state index in [0.29, 0.717) is 0 Å². The number of rotatable bonds is 7. The number of carbonyl (C=O) groups excluding carboxylic acids is 1. The van der Waals surface area contributed by atoms with E-state index in [2.05, 4.69) is 5.32 Å². The number of benzene rings is 1. The summed E-state index contributed by atoms with van der Waals surface area (Å²) in [7, 11) is -3.47. The second-order valence-electron chi connectivity index (χ2n) is 5.47. The van der Waals surface area contributed by atoms with E-state index in [9.17, 15) is 18.3 Å². The van der Waals surface area contributed by atoms with E-state index in [0.717, 1.165) is 0 Å². The van der Waals surface area contributed by atoms with Crippen molar-refractivity contribution in [2.75, 3.05) is 18.9 Å². The molecule has 0 aromatic heterocycles. The van der Waals surface area contributed by atoms with Crippen molar-refractivity contribution in [3.05, 3.63) is 30.3 Å². The molecule has 0 bridgehead atoms. The molecule has 0 fully saturated rings. The number of aliphatic hydroxyl groups is 2. The Hall–Kier alpha value is -1.44. The highest BCUT2D eigenvalue weighted by atomic mass is 32.2. The van der Waals surface area contributed by atoms with E-state index in [1.165, 1.54) is 26.0 Å². The summed E-state index contributed by atoms with van der Waals surface area (Å²) in [4.78, 5) is 11.9. The van der Waals surface area contributed by atoms with E-state index in [-0.39, 0.29) is 23.8 Å². The third kappa shape index (κ3) is 4.80. The number of carbonyl (C=O) groups is 1. The predicted molar refractivity (Wildman–Crippen MR) is 78.4 cm³/mol. The normalized spacial score (nSPS) is 13.7. The van der Waals surface area contributed by atoms with Crippen molar-refractivity contribution in [2.24, 2.45) is 5.41 Å². The van der Waals surface area contributed by atoms with Crippen LogP contribution in [0.3, 0.4) is 0 Å². The van der Waals surface area contributed by atoms with Gasteiger partial charge in [-0.25, -0.2) is 8.42 Å². The summed E-state index contributed by atoms with van der Waals surface area (Å²) in [6.45, 7) is 2.62. The molecule has 1 rings (SSSR count). The summed E-state index contributed by atoms with van der Waals surface area (Å²) in [6.07, 6.45) is -1.40. The van der Waals surface area contributed by atoms with Crippen LogP contribution < -0.4 is 5.32 Å². The molecule has 1 unspecified atom stereocenters. The van der Waals surface area contributed by atoms with Crippen LogP contribution in [-0.4, -0.2) is 49.5 Å². The molecule has 1 aromatic carbocycles. The van der Waals surface area contributed by atoms with Crippen molar-refractivity contribution in [2.45, 2.75) is 24.8 Å². The van der Waals surface area contributed by atoms with Gasteiger partial charge in [0, 0.05) is 12.0 Å².